The van der Waals surface area contributed by atoms with Crippen LogP contribution in [0.1, 0.15) is 43.7 Å². The Bertz CT molecular complexity index is 380. The van der Waals surface area contributed by atoms with Crippen LogP contribution in [0.2, 0.25) is 0 Å². The van der Waals surface area contributed by atoms with E-state index < -0.39 is 6.10 Å². The first-order valence-corrected chi connectivity index (χ1v) is 6.02. The van der Waals surface area contributed by atoms with Crippen LogP contribution in [0, 0.1) is 11.3 Å². The molecule has 0 aliphatic rings. The van der Waals surface area contributed by atoms with Crippen LogP contribution >= 0.6 is 0 Å². The lowest BCUT2D eigenvalue weighted by Gasteiger charge is -2.21. The number of nitrogens with two attached hydrogens (primary N) is 1. The molecule has 92 valence electrons. The molecule has 3 atom stereocenters. The second-order valence-corrected chi connectivity index (χ2v) is 4.51. The predicted molar refractivity (Wildman–Crippen MR) is 68.5 cm³/mol. The Morgan fingerprint density at radius 1 is 1.35 bits per heavy atom. The molecule has 3 nitrogen and oxygen atoms in total. The zero-order valence-electron chi connectivity index (χ0n) is 10.4. The number of hydrogen-bond donors (Lipinski definition) is 2. The van der Waals surface area contributed by atoms with E-state index in [1.54, 1.807) is 12.1 Å². The van der Waals surface area contributed by atoms with E-state index in [0.717, 1.165) is 12.0 Å². The Morgan fingerprint density at radius 3 is 2.41 bits per heavy atom. The fourth-order valence-corrected chi connectivity index (χ4v) is 1.83. The molecule has 0 aromatic heterocycles. The predicted octanol–water partition coefficient (Wildman–Crippen LogP) is 2.15. The number of hydrogen-bond acceptors (Lipinski definition) is 3. The van der Waals surface area contributed by atoms with E-state index in [4.69, 9.17) is 11.0 Å². The largest absolute Gasteiger partial charge is 0.391 e. The summed E-state index contributed by atoms with van der Waals surface area (Å²) in [6, 6.07) is 9.42. The summed E-state index contributed by atoms with van der Waals surface area (Å²) in [6.07, 6.45) is 0.966. The molecule has 3 heteroatoms. The van der Waals surface area contributed by atoms with E-state index >= 15 is 0 Å². The lowest BCUT2D eigenvalue weighted by Crippen LogP contribution is -2.34. The summed E-state index contributed by atoms with van der Waals surface area (Å²) < 4.78 is 0. The average Bonchev–Trinajstić information content (AvgIpc) is 2.37. The molecule has 3 unspecified atom stereocenters. The van der Waals surface area contributed by atoms with Crippen molar-refractivity contribution in [3.05, 3.63) is 35.4 Å². The Labute approximate surface area is 103 Å². The third-order valence-corrected chi connectivity index (χ3v) is 3.17. The van der Waals surface area contributed by atoms with Gasteiger partial charge in [0.1, 0.15) is 0 Å². The highest BCUT2D eigenvalue weighted by Gasteiger charge is 2.17. The Kier molecular flexibility index (Phi) is 5.14. The van der Waals surface area contributed by atoms with E-state index in [2.05, 4.69) is 13.0 Å². The van der Waals surface area contributed by atoms with Crippen LogP contribution in [0.15, 0.2) is 24.3 Å². The first-order chi connectivity index (χ1) is 8.08. The lowest BCUT2D eigenvalue weighted by atomic mass is 9.91. The van der Waals surface area contributed by atoms with Crippen molar-refractivity contribution in [1.82, 2.24) is 0 Å². The standard InChI is InChI=1S/C14H20N2O/c1-3-13(16)14(17)8-10(2)12-6-4-11(9-15)5-7-12/h4-7,10,13-14,17H,3,8,16H2,1-2H3. The van der Waals surface area contributed by atoms with Crippen molar-refractivity contribution >= 4 is 0 Å². The summed E-state index contributed by atoms with van der Waals surface area (Å²) in [5, 5.41) is 18.6. The molecule has 17 heavy (non-hydrogen) atoms. The fourth-order valence-electron chi connectivity index (χ4n) is 1.83. The van der Waals surface area contributed by atoms with Gasteiger partial charge in [-0.3, -0.25) is 0 Å². The maximum Gasteiger partial charge on any atom is 0.0991 e. The summed E-state index contributed by atoms with van der Waals surface area (Å²) in [7, 11) is 0. The lowest BCUT2D eigenvalue weighted by molar-refractivity contribution is 0.126. The van der Waals surface area contributed by atoms with Gasteiger partial charge in [-0.25, -0.2) is 0 Å². The van der Waals surface area contributed by atoms with E-state index in [1.807, 2.05) is 19.1 Å². The van der Waals surface area contributed by atoms with E-state index in [1.165, 1.54) is 0 Å². The van der Waals surface area contributed by atoms with E-state index in [-0.39, 0.29) is 12.0 Å². The Morgan fingerprint density at radius 2 is 1.94 bits per heavy atom. The normalized spacial score (nSPS) is 15.9. The van der Waals surface area contributed by atoms with Crippen molar-refractivity contribution < 1.29 is 5.11 Å². The molecular weight excluding hydrogens is 212 g/mol. The minimum Gasteiger partial charge on any atom is -0.391 e. The van der Waals surface area contributed by atoms with Crippen molar-refractivity contribution in [1.29, 1.82) is 5.26 Å². The topological polar surface area (TPSA) is 70.0 Å². The number of aliphatic hydroxyl groups excluding tert-OH is 1. The van der Waals surface area contributed by atoms with E-state index in [0.29, 0.717) is 12.0 Å². The highest BCUT2D eigenvalue weighted by Crippen LogP contribution is 2.22. The molecular formula is C14H20N2O. The molecule has 0 saturated carbocycles. The van der Waals surface area contributed by atoms with Gasteiger partial charge in [0.25, 0.3) is 0 Å². The number of benzene rings is 1. The van der Waals surface area contributed by atoms with Gasteiger partial charge < -0.3 is 10.8 Å². The molecule has 0 fully saturated rings. The van der Waals surface area contributed by atoms with Crippen molar-refractivity contribution in [2.45, 2.75) is 44.8 Å². The van der Waals surface area contributed by atoms with Gasteiger partial charge in [0.15, 0.2) is 0 Å². The minimum absolute atomic E-state index is 0.157. The van der Waals surface area contributed by atoms with Gasteiger partial charge in [-0.2, -0.15) is 5.26 Å². The SMILES string of the molecule is CCC(N)C(O)CC(C)c1ccc(C#N)cc1. The first-order valence-electron chi connectivity index (χ1n) is 6.02. The van der Waals surface area contributed by atoms with Crippen molar-refractivity contribution in [2.24, 2.45) is 5.73 Å². The second-order valence-electron chi connectivity index (χ2n) is 4.51. The number of nitrogens with zero attached hydrogens (tertiary/aromatic N) is 1. The zero-order valence-corrected chi connectivity index (χ0v) is 10.4. The summed E-state index contributed by atoms with van der Waals surface area (Å²) in [5.41, 5.74) is 7.59. The molecule has 1 aromatic rings. The second kappa shape index (κ2) is 6.39. The molecule has 0 bridgehead atoms. The highest BCUT2D eigenvalue weighted by atomic mass is 16.3. The highest BCUT2D eigenvalue weighted by molar-refractivity contribution is 5.32. The van der Waals surface area contributed by atoms with Crippen LogP contribution in [0.3, 0.4) is 0 Å². The smallest absolute Gasteiger partial charge is 0.0991 e. The summed E-state index contributed by atoms with van der Waals surface area (Å²) in [5.74, 6) is 0.246. The number of nitriles is 1. The average molecular weight is 232 g/mol. The maximum absolute atomic E-state index is 9.87. The van der Waals surface area contributed by atoms with Crippen molar-refractivity contribution in [3.8, 4) is 6.07 Å². The quantitative estimate of drug-likeness (QED) is 0.817. The number of aliphatic hydroxyl groups is 1. The molecule has 1 aromatic carbocycles. The summed E-state index contributed by atoms with van der Waals surface area (Å²) in [4.78, 5) is 0. The third kappa shape index (κ3) is 3.85. The Hall–Kier alpha value is -1.37. The molecule has 3 N–H and O–H groups in total. The van der Waals surface area contributed by atoms with Crippen LogP contribution in [-0.4, -0.2) is 17.3 Å². The van der Waals surface area contributed by atoms with E-state index in [9.17, 15) is 5.11 Å². The first kappa shape index (κ1) is 13.7. The fraction of sp³-hybridized carbons (Fsp3) is 0.500. The summed E-state index contributed by atoms with van der Waals surface area (Å²) in [6.45, 7) is 4.03. The monoisotopic (exact) mass is 232 g/mol. The van der Waals surface area contributed by atoms with Gasteiger partial charge in [-0.1, -0.05) is 26.0 Å². The van der Waals surface area contributed by atoms with Gasteiger partial charge in [0.2, 0.25) is 0 Å². The Balaban J connectivity index is 2.63. The van der Waals surface area contributed by atoms with Gasteiger partial charge >= 0.3 is 0 Å². The third-order valence-electron chi connectivity index (χ3n) is 3.17. The molecule has 1 rings (SSSR count). The van der Waals surface area contributed by atoms with Gasteiger partial charge in [-0.05, 0) is 36.5 Å². The minimum atomic E-state index is -0.467. The van der Waals surface area contributed by atoms with Crippen LogP contribution in [-0.2, 0) is 0 Å². The van der Waals surface area contributed by atoms with Gasteiger partial charge in [0, 0.05) is 6.04 Å². The summed E-state index contributed by atoms with van der Waals surface area (Å²) >= 11 is 0. The molecule has 0 spiro atoms. The maximum atomic E-state index is 9.87. The van der Waals surface area contributed by atoms with Gasteiger partial charge in [-0.15, -0.1) is 0 Å². The van der Waals surface area contributed by atoms with Crippen molar-refractivity contribution in [3.63, 3.8) is 0 Å². The molecule has 0 saturated heterocycles. The molecule has 0 aliphatic carbocycles. The molecule has 0 heterocycles. The number of rotatable bonds is 5. The molecule has 0 aliphatic heterocycles. The van der Waals surface area contributed by atoms with Crippen LogP contribution in [0.25, 0.3) is 0 Å². The van der Waals surface area contributed by atoms with Crippen LogP contribution in [0.4, 0.5) is 0 Å². The zero-order chi connectivity index (χ0) is 12.8. The molecule has 0 amide bonds. The van der Waals surface area contributed by atoms with Gasteiger partial charge in [0.05, 0.1) is 17.7 Å². The van der Waals surface area contributed by atoms with Crippen LogP contribution in [0.5, 0.6) is 0 Å². The molecule has 0 radical (unpaired) electrons. The van der Waals surface area contributed by atoms with Crippen molar-refractivity contribution in [2.75, 3.05) is 0 Å². The van der Waals surface area contributed by atoms with Crippen LogP contribution < -0.4 is 5.73 Å².